The van der Waals surface area contributed by atoms with Crippen molar-refractivity contribution >= 4 is 25.6 Å². The van der Waals surface area contributed by atoms with Crippen LogP contribution in [0.2, 0.25) is 0 Å². The largest absolute Gasteiger partial charge is 0.435 e. The van der Waals surface area contributed by atoms with Crippen molar-refractivity contribution in [3.8, 4) is 0 Å². The molecule has 2 aliphatic carbocycles. The van der Waals surface area contributed by atoms with Gasteiger partial charge in [-0.3, -0.25) is 4.79 Å². The number of benzene rings is 2. The van der Waals surface area contributed by atoms with E-state index in [4.69, 9.17) is 0 Å². The van der Waals surface area contributed by atoms with Crippen LogP contribution in [-0.4, -0.2) is 52.6 Å². The molecular formula is C29H29F8NO5S2. The average Bonchev–Trinajstić information content (AvgIpc) is 3.40. The number of nitrogens with one attached hydrogen (secondary N) is 1. The van der Waals surface area contributed by atoms with E-state index in [1.807, 2.05) is 0 Å². The maximum absolute atomic E-state index is 15.0. The number of carbonyl (C=O) groups is 1. The van der Waals surface area contributed by atoms with E-state index in [2.05, 4.69) is 5.32 Å². The molecule has 0 spiro atoms. The molecular weight excluding hydrogens is 658 g/mol. The SMILES string of the molecule is O=C(CC1CCS(=O)(=O)C1)N[C@@H]1CC[C@@]2(S(=O)(=O)c3ccc(F)cc3)c3ccc(C(F)(C(F)(F)F)C(F)(F)F)cc3CCC[C@@H]12. The Bertz CT molecular complexity index is 1680. The van der Waals surface area contributed by atoms with Gasteiger partial charge in [0.2, 0.25) is 5.91 Å². The molecule has 2 fully saturated rings. The normalized spacial score (nSPS) is 27.0. The zero-order valence-corrected chi connectivity index (χ0v) is 25.2. The van der Waals surface area contributed by atoms with Crippen LogP contribution in [0.25, 0.3) is 0 Å². The molecule has 2 aromatic carbocycles. The third kappa shape index (κ3) is 5.63. The van der Waals surface area contributed by atoms with Gasteiger partial charge in [0.25, 0.3) is 0 Å². The van der Waals surface area contributed by atoms with Gasteiger partial charge >= 0.3 is 18.0 Å². The van der Waals surface area contributed by atoms with Crippen molar-refractivity contribution in [2.75, 3.05) is 11.5 Å². The Morgan fingerprint density at radius 3 is 2.16 bits per heavy atom. The van der Waals surface area contributed by atoms with Gasteiger partial charge < -0.3 is 5.32 Å². The van der Waals surface area contributed by atoms with Crippen molar-refractivity contribution in [2.24, 2.45) is 11.8 Å². The molecule has 1 N–H and O–H groups in total. The van der Waals surface area contributed by atoms with Crippen LogP contribution >= 0.6 is 0 Å². The molecule has 1 saturated carbocycles. The van der Waals surface area contributed by atoms with E-state index < -0.39 is 77.6 Å². The Labute approximate surface area is 254 Å². The molecule has 248 valence electrons. The highest BCUT2D eigenvalue weighted by molar-refractivity contribution is 7.92. The molecule has 0 bridgehead atoms. The first-order valence-corrected chi connectivity index (χ1v) is 17.5. The van der Waals surface area contributed by atoms with E-state index in [0.717, 1.165) is 30.3 Å². The van der Waals surface area contributed by atoms with E-state index in [9.17, 15) is 52.4 Å². The lowest BCUT2D eigenvalue weighted by Gasteiger charge is -2.38. The van der Waals surface area contributed by atoms with E-state index in [1.54, 1.807) is 0 Å². The van der Waals surface area contributed by atoms with Gasteiger partial charge in [-0.25, -0.2) is 25.6 Å². The second-order valence-corrected chi connectivity index (χ2v) is 16.5. The summed E-state index contributed by atoms with van der Waals surface area (Å²) in [5.41, 5.74) is -7.77. The lowest BCUT2D eigenvalue weighted by Crippen LogP contribution is -2.50. The second kappa shape index (κ2) is 11.2. The zero-order valence-electron chi connectivity index (χ0n) is 23.5. The summed E-state index contributed by atoms with van der Waals surface area (Å²) in [6.45, 7) is 0. The number of fused-ring (bicyclic) bond motifs is 3. The predicted octanol–water partition coefficient (Wildman–Crippen LogP) is 5.84. The van der Waals surface area contributed by atoms with Crippen LogP contribution in [0.3, 0.4) is 0 Å². The summed E-state index contributed by atoms with van der Waals surface area (Å²) in [4.78, 5) is 12.7. The number of hydrogen-bond acceptors (Lipinski definition) is 5. The Morgan fingerprint density at radius 2 is 1.58 bits per heavy atom. The molecule has 2 aromatic rings. The fourth-order valence-corrected chi connectivity index (χ4v) is 11.6. The highest BCUT2D eigenvalue weighted by atomic mass is 32.2. The van der Waals surface area contributed by atoms with E-state index in [0.29, 0.717) is 12.1 Å². The number of alkyl halides is 7. The number of sulfone groups is 2. The Kier molecular flexibility index (Phi) is 8.36. The molecule has 0 radical (unpaired) electrons. The molecule has 45 heavy (non-hydrogen) atoms. The summed E-state index contributed by atoms with van der Waals surface area (Å²) >= 11 is 0. The summed E-state index contributed by atoms with van der Waals surface area (Å²) < 4.78 is 161. The van der Waals surface area contributed by atoms with Crippen LogP contribution in [-0.2, 0) is 41.3 Å². The summed E-state index contributed by atoms with van der Waals surface area (Å²) in [6, 6.07) is 4.51. The summed E-state index contributed by atoms with van der Waals surface area (Å²) in [6.07, 6.45) is -12.7. The highest BCUT2D eigenvalue weighted by Crippen LogP contribution is 2.58. The molecule has 1 aliphatic heterocycles. The van der Waals surface area contributed by atoms with Gasteiger partial charge in [0.1, 0.15) is 10.6 Å². The van der Waals surface area contributed by atoms with E-state index >= 15 is 4.39 Å². The van der Waals surface area contributed by atoms with Crippen LogP contribution < -0.4 is 5.32 Å². The van der Waals surface area contributed by atoms with E-state index in [-0.39, 0.29) is 72.5 Å². The van der Waals surface area contributed by atoms with Crippen LogP contribution in [0.15, 0.2) is 47.4 Å². The van der Waals surface area contributed by atoms with Gasteiger partial charge in [-0.15, -0.1) is 0 Å². The maximum Gasteiger partial charge on any atom is 0.435 e. The van der Waals surface area contributed by atoms with Gasteiger partial charge in [0, 0.05) is 23.9 Å². The topological polar surface area (TPSA) is 97.4 Å². The summed E-state index contributed by atoms with van der Waals surface area (Å²) in [5.74, 6) is -2.85. The third-order valence-corrected chi connectivity index (χ3v) is 13.8. The molecule has 6 nitrogen and oxygen atoms in total. The summed E-state index contributed by atoms with van der Waals surface area (Å²) in [7, 11) is -7.84. The van der Waals surface area contributed by atoms with Gasteiger partial charge in [-0.1, -0.05) is 18.2 Å². The lowest BCUT2D eigenvalue weighted by atomic mass is 9.82. The maximum atomic E-state index is 15.0. The fourth-order valence-electron chi connectivity index (χ4n) is 7.31. The van der Waals surface area contributed by atoms with Crippen molar-refractivity contribution in [3.05, 3.63) is 65.0 Å². The smallest absolute Gasteiger partial charge is 0.353 e. The van der Waals surface area contributed by atoms with Crippen LogP contribution in [0, 0.1) is 17.7 Å². The van der Waals surface area contributed by atoms with Crippen molar-refractivity contribution < 1.29 is 56.8 Å². The molecule has 1 unspecified atom stereocenters. The monoisotopic (exact) mass is 687 g/mol. The molecule has 0 aromatic heterocycles. The lowest BCUT2D eigenvalue weighted by molar-refractivity contribution is -0.348. The van der Waals surface area contributed by atoms with Crippen LogP contribution in [0.1, 0.15) is 55.2 Å². The molecule has 16 heteroatoms. The van der Waals surface area contributed by atoms with Crippen molar-refractivity contribution in [2.45, 2.75) is 78.7 Å². The number of carbonyl (C=O) groups excluding carboxylic acids is 1. The molecule has 5 rings (SSSR count). The zero-order chi connectivity index (χ0) is 33.2. The minimum absolute atomic E-state index is 0.0547. The van der Waals surface area contributed by atoms with Crippen molar-refractivity contribution in [3.63, 3.8) is 0 Å². The second-order valence-electron chi connectivity index (χ2n) is 12.1. The molecule has 3 aliphatic rings. The number of halogens is 8. The fraction of sp³-hybridized carbons (Fsp3) is 0.552. The highest BCUT2D eigenvalue weighted by Gasteiger charge is 2.73. The third-order valence-electron chi connectivity index (χ3n) is 9.36. The van der Waals surface area contributed by atoms with Gasteiger partial charge in [0.05, 0.1) is 16.4 Å². The van der Waals surface area contributed by atoms with Crippen LogP contribution in [0.5, 0.6) is 0 Å². The number of rotatable bonds is 6. The Hall–Kier alpha value is -2.75. The quantitative estimate of drug-likeness (QED) is 0.304. The Morgan fingerprint density at radius 1 is 0.933 bits per heavy atom. The first-order valence-electron chi connectivity index (χ1n) is 14.2. The number of amides is 1. The molecule has 1 saturated heterocycles. The molecule has 1 heterocycles. The Balaban J connectivity index is 1.61. The van der Waals surface area contributed by atoms with Gasteiger partial charge in [-0.2, -0.15) is 26.3 Å². The number of hydrogen-bond donors (Lipinski definition) is 1. The minimum atomic E-state index is -6.37. The standard InChI is InChI=1S/C29H29F8NO5S2/c30-20-5-7-21(8-6-20)45(42,43)26-12-10-24(38-25(39)14-17-11-13-44(40,41)16-17)23(26)3-1-2-18-15-19(4-9-22(18)26)27(31,28(32,33)34)29(35,36)37/h4-9,15,17,23-24H,1-3,10-14,16H2,(H,38,39)/t17?,23-,24+,26+/m0/s1. The predicted molar refractivity (Wildman–Crippen MR) is 146 cm³/mol. The van der Waals surface area contributed by atoms with E-state index in [1.165, 1.54) is 0 Å². The van der Waals surface area contributed by atoms with Crippen molar-refractivity contribution in [1.29, 1.82) is 0 Å². The molecule has 1 amide bonds. The van der Waals surface area contributed by atoms with Gasteiger partial charge in [-0.05, 0) is 79.8 Å². The first kappa shape index (κ1) is 33.6. The van der Waals surface area contributed by atoms with Gasteiger partial charge in [0.15, 0.2) is 19.7 Å². The van der Waals surface area contributed by atoms with Crippen molar-refractivity contribution in [1.82, 2.24) is 5.32 Å². The average molecular weight is 688 g/mol. The number of aryl methyl sites for hydroxylation is 1. The summed E-state index contributed by atoms with van der Waals surface area (Å²) in [5, 5.41) is 2.81. The first-order chi connectivity index (χ1) is 20.7. The minimum Gasteiger partial charge on any atom is -0.353 e. The molecule has 4 atom stereocenters. The van der Waals surface area contributed by atoms with Crippen LogP contribution in [0.4, 0.5) is 35.1 Å².